The van der Waals surface area contributed by atoms with Gasteiger partial charge in [0.05, 0.1) is 6.61 Å². The van der Waals surface area contributed by atoms with Crippen LogP contribution in [0.15, 0.2) is 24.3 Å². The van der Waals surface area contributed by atoms with Crippen molar-refractivity contribution >= 4 is 11.8 Å². The molecular weight excluding hydrogens is 328 g/mol. The van der Waals surface area contributed by atoms with E-state index in [4.69, 9.17) is 4.74 Å². The van der Waals surface area contributed by atoms with E-state index < -0.39 is 11.8 Å². The lowest BCUT2D eigenvalue weighted by molar-refractivity contribution is -0.127. The molecule has 2 amide bonds. The molecule has 1 aliphatic carbocycles. The Morgan fingerprint density at radius 2 is 1.88 bits per heavy atom. The largest absolute Gasteiger partial charge is 0.354 e. The second kappa shape index (κ2) is 7.78. The second-order valence-electron chi connectivity index (χ2n) is 7.79. The summed E-state index contributed by atoms with van der Waals surface area (Å²) in [6, 6.07) is 7.01. The van der Waals surface area contributed by atoms with Gasteiger partial charge in [-0.05, 0) is 57.1 Å². The highest BCUT2D eigenvalue weighted by Gasteiger charge is 2.53. The van der Waals surface area contributed by atoms with Crippen molar-refractivity contribution in [3.63, 3.8) is 0 Å². The Labute approximate surface area is 156 Å². The van der Waals surface area contributed by atoms with Crippen molar-refractivity contribution in [2.45, 2.75) is 64.6 Å². The molecule has 1 N–H and O–H groups in total. The summed E-state index contributed by atoms with van der Waals surface area (Å²) in [5.74, 6) is 0.421. The zero-order valence-corrected chi connectivity index (χ0v) is 16.1. The van der Waals surface area contributed by atoms with E-state index in [1.165, 1.54) is 0 Å². The van der Waals surface area contributed by atoms with Gasteiger partial charge in [-0.25, -0.2) is 0 Å². The van der Waals surface area contributed by atoms with Crippen molar-refractivity contribution < 1.29 is 14.3 Å². The number of benzene rings is 1. The summed E-state index contributed by atoms with van der Waals surface area (Å²) in [5.41, 5.74) is 1.09. The van der Waals surface area contributed by atoms with Crippen LogP contribution in [0.1, 0.15) is 61.9 Å². The molecule has 0 radical (unpaired) electrons. The van der Waals surface area contributed by atoms with Gasteiger partial charge in [0.2, 0.25) is 5.91 Å². The van der Waals surface area contributed by atoms with Gasteiger partial charge in [-0.1, -0.05) is 31.5 Å². The molecule has 1 saturated carbocycles. The van der Waals surface area contributed by atoms with E-state index in [2.05, 4.69) is 12.2 Å². The number of rotatable bonds is 4. The fraction of sp³-hybridized carbons (Fsp3) is 0.619. The van der Waals surface area contributed by atoms with Gasteiger partial charge in [0, 0.05) is 12.1 Å². The number of carbonyl (C=O) groups is 2. The zero-order chi connectivity index (χ0) is 18.7. The third kappa shape index (κ3) is 3.63. The molecular formula is C21H30N2O3. The molecule has 2 aliphatic rings. The molecule has 1 aromatic carbocycles. The summed E-state index contributed by atoms with van der Waals surface area (Å²) in [5, 5.41) is 2.94. The van der Waals surface area contributed by atoms with Crippen molar-refractivity contribution in [1.29, 1.82) is 0 Å². The van der Waals surface area contributed by atoms with E-state index in [1.807, 2.05) is 38.1 Å². The van der Waals surface area contributed by atoms with E-state index in [0.717, 1.165) is 37.7 Å². The summed E-state index contributed by atoms with van der Waals surface area (Å²) in [6.45, 7) is 7.15. The van der Waals surface area contributed by atoms with Crippen LogP contribution in [0.25, 0.3) is 0 Å². The van der Waals surface area contributed by atoms with Crippen molar-refractivity contribution in [2.75, 3.05) is 13.2 Å². The van der Waals surface area contributed by atoms with Gasteiger partial charge in [0.1, 0.15) is 11.8 Å². The van der Waals surface area contributed by atoms with Crippen molar-refractivity contribution in [1.82, 2.24) is 10.2 Å². The second-order valence-corrected chi connectivity index (χ2v) is 7.79. The van der Waals surface area contributed by atoms with Crippen LogP contribution in [-0.4, -0.2) is 41.6 Å². The van der Waals surface area contributed by atoms with Crippen LogP contribution in [-0.2, 0) is 9.53 Å². The minimum Gasteiger partial charge on any atom is -0.354 e. The minimum absolute atomic E-state index is 0.103. The topological polar surface area (TPSA) is 58.6 Å². The van der Waals surface area contributed by atoms with E-state index >= 15 is 0 Å². The summed E-state index contributed by atoms with van der Waals surface area (Å²) in [7, 11) is 0. The number of nitrogens with zero attached hydrogens (tertiary/aromatic N) is 1. The number of hydrogen-bond donors (Lipinski definition) is 1. The number of aryl methyl sites for hydroxylation is 1. The maximum absolute atomic E-state index is 13.4. The van der Waals surface area contributed by atoms with Crippen molar-refractivity contribution in [3.8, 4) is 0 Å². The highest BCUT2D eigenvalue weighted by Crippen LogP contribution is 2.43. The predicted octanol–water partition coefficient (Wildman–Crippen LogP) is 3.27. The third-order valence-electron chi connectivity index (χ3n) is 5.69. The number of carbonyl (C=O) groups excluding carboxylic acids is 2. The van der Waals surface area contributed by atoms with Gasteiger partial charge < -0.3 is 10.1 Å². The molecule has 0 aromatic heterocycles. The lowest BCUT2D eigenvalue weighted by Gasteiger charge is -2.43. The van der Waals surface area contributed by atoms with E-state index in [-0.39, 0.29) is 18.4 Å². The normalized spacial score (nSPS) is 28.3. The Morgan fingerprint density at radius 1 is 1.23 bits per heavy atom. The van der Waals surface area contributed by atoms with Crippen LogP contribution in [0.5, 0.6) is 0 Å². The fourth-order valence-electron chi connectivity index (χ4n) is 3.98. The maximum atomic E-state index is 13.4. The smallest absolute Gasteiger partial charge is 0.256 e. The lowest BCUT2D eigenvalue weighted by Crippen LogP contribution is -2.56. The van der Waals surface area contributed by atoms with Gasteiger partial charge in [-0.15, -0.1) is 0 Å². The molecule has 1 heterocycles. The Kier molecular flexibility index (Phi) is 5.66. The van der Waals surface area contributed by atoms with Gasteiger partial charge in [0.15, 0.2) is 0 Å². The fourth-order valence-corrected chi connectivity index (χ4v) is 3.98. The van der Waals surface area contributed by atoms with Crippen LogP contribution < -0.4 is 5.32 Å². The maximum Gasteiger partial charge on any atom is 0.256 e. The highest BCUT2D eigenvalue weighted by atomic mass is 16.5. The lowest BCUT2D eigenvalue weighted by atomic mass is 9.83. The summed E-state index contributed by atoms with van der Waals surface area (Å²) in [6.07, 6.45) is 4.49. The van der Waals surface area contributed by atoms with Gasteiger partial charge in [0.25, 0.3) is 5.91 Å². The summed E-state index contributed by atoms with van der Waals surface area (Å²) in [4.78, 5) is 27.8. The Hall–Kier alpha value is -1.88. The Morgan fingerprint density at radius 3 is 2.50 bits per heavy atom. The first-order valence-corrected chi connectivity index (χ1v) is 9.79. The molecule has 5 nitrogen and oxygen atoms in total. The molecule has 1 aromatic rings. The van der Waals surface area contributed by atoms with E-state index in [0.29, 0.717) is 18.0 Å². The van der Waals surface area contributed by atoms with Gasteiger partial charge >= 0.3 is 0 Å². The monoisotopic (exact) mass is 358 g/mol. The summed E-state index contributed by atoms with van der Waals surface area (Å²) < 4.78 is 6.17. The first kappa shape index (κ1) is 18.9. The Bertz CT molecular complexity index is 648. The molecule has 0 bridgehead atoms. The molecule has 5 heteroatoms. The molecule has 1 aliphatic heterocycles. The van der Waals surface area contributed by atoms with Crippen molar-refractivity contribution in [3.05, 3.63) is 35.4 Å². The number of ether oxygens (including phenoxy) is 1. The predicted molar refractivity (Wildman–Crippen MR) is 101 cm³/mol. The molecule has 0 unspecified atom stereocenters. The van der Waals surface area contributed by atoms with Crippen LogP contribution in [0.3, 0.4) is 0 Å². The molecule has 1 atom stereocenters. The average Bonchev–Trinajstić information content (AvgIpc) is 3.01. The highest BCUT2D eigenvalue weighted by molar-refractivity contribution is 5.98. The van der Waals surface area contributed by atoms with E-state index in [1.54, 1.807) is 4.90 Å². The minimum atomic E-state index is -0.636. The van der Waals surface area contributed by atoms with Crippen LogP contribution in [0.4, 0.5) is 0 Å². The number of nitrogens with one attached hydrogen (secondary N) is 1. The first-order valence-electron chi connectivity index (χ1n) is 9.79. The molecule has 26 heavy (non-hydrogen) atoms. The number of hydrogen-bond acceptors (Lipinski definition) is 3. The third-order valence-corrected chi connectivity index (χ3v) is 5.69. The van der Waals surface area contributed by atoms with Crippen LogP contribution in [0.2, 0.25) is 0 Å². The standard InChI is InChI=1S/C21H30N2O3/c1-4-13-22-19(24)18-14-26-21(11-9-16(3)10-12-21)23(18)20(25)17-7-5-15(2)6-8-17/h5-8,16,18H,4,9-14H2,1-3H3,(H,22,24)/t16?,18-,21?/m0/s1. The Balaban J connectivity index is 1.90. The SMILES string of the molecule is CCCNC(=O)[C@@H]1COC2(CCC(C)CC2)N1C(=O)c1ccc(C)cc1. The van der Waals surface area contributed by atoms with Gasteiger partial charge in [-0.2, -0.15) is 0 Å². The van der Waals surface area contributed by atoms with E-state index in [9.17, 15) is 9.59 Å². The molecule has 2 fully saturated rings. The van der Waals surface area contributed by atoms with Crippen LogP contribution in [0, 0.1) is 12.8 Å². The molecule has 1 spiro atoms. The molecule has 142 valence electrons. The van der Waals surface area contributed by atoms with Gasteiger partial charge in [-0.3, -0.25) is 14.5 Å². The average molecular weight is 358 g/mol. The van der Waals surface area contributed by atoms with Crippen LogP contribution >= 0.6 is 0 Å². The molecule has 3 rings (SSSR count). The first-order chi connectivity index (χ1) is 12.5. The molecule has 1 saturated heterocycles. The summed E-state index contributed by atoms with van der Waals surface area (Å²) >= 11 is 0. The zero-order valence-electron chi connectivity index (χ0n) is 16.1. The van der Waals surface area contributed by atoms with Crippen molar-refractivity contribution in [2.24, 2.45) is 5.92 Å². The number of amides is 2. The quantitative estimate of drug-likeness (QED) is 0.899.